The molecular weight excluding hydrogens is 271 g/mol. The Morgan fingerprint density at radius 1 is 0.786 bits per heavy atom. The summed E-state index contributed by atoms with van der Waals surface area (Å²) in [7, 11) is 0. The van der Waals surface area contributed by atoms with Crippen LogP contribution in [0.25, 0.3) is 0 Å². The third kappa shape index (κ3) is 1.63. The molecule has 14 heavy (non-hydrogen) atoms. The van der Waals surface area contributed by atoms with Crippen molar-refractivity contribution in [1.29, 1.82) is 0 Å². The van der Waals surface area contributed by atoms with Gasteiger partial charge in [-0.2, -0.15) is 0 Å². The lowest BCUT2D eigenvalue weighted by Gasteiger charge is -2.07. The molecule has 0 heterocycles. The van der Waals surface area contributed by atoms with Gasteiger partial charge in [-0.15, -0.1) is 0 Å². The Kier molecular flexibility index (Phi) is 3.47. The first-order chi connectivity index (χ1) is 6.54. The van der Waals surface area contributed by atoms with Crippen molar-refractivity contribution in [2.45, 2.75) is 12.0 Å². The van der Waals surface area contributed by atoms with Crippen LogP contribution in [0.5, 0.6) is 0 Å². The fourth-order valence-electron chi connectivity index (χ4n) is 0.957. The van der Waals surface area contributed by atoms with Gasteiger partial charge in [0.1, 0.15) is 6.67 Å². The van der Waals surface area contributed by atoms with Crippen molar-refractivity contribution in [3.05, 3.63) is 34.4 Å². The van der Waals surface area contributed by atoms with E-state index in [4.69, 9.17) is 0 Å². The highest BCUT2D eigenvalue weighted by molar-refractivity contribution is 9.08. The zero-order chi connectivity index (χ0) is 10.9. The van der Waals surface area contributed by atoms with Gasteiger partial charge in [0.25, 0.3) is 0 Å². The quantitative estimate of drug-likeness (QED) is 0.439. The molecule has 0 saturated heterocycles. The summed E-state index contributed by atoms with van der Waals surface area (Å²) in [5, 5.41) is -0.384. The van der Waals surface area contributed by atoms with Crippen LogP contribution in [-0.4, -0.2) is 0 Å². The van der Waals surface area contributed by atoms with Gasteiger partial charge in [-0.05, 0) is 0 Å². The SMILES string of the molecule is FCc1c(F)c(F)c(CBr)c(F)c1F. The highest BCUT2D eigenvalue weighted by Gasteiger charge is 2.24. The van der Waals surface area contributed by atoms with Crippen LogP contribution in [0.15, 0.2) is 0 Å². The van der Waals surface area contributed by atoms with E-state index in [1.165, 1.54) is 0 Å². The molecule has 0 amide bonds. The average Bonchev–Trinajstić information content (AvgIpc) is 2.17. The summed E-state index contributed by atoms with van der Waals surface area (Å²) in [6.07, 6.45) is 0. The normalized spacial score (nSPS) is 10.7. The van der Waals surface area contributed by atoms with Gasteiger partial charge in [-0.1, -0.05) is 15.9 Å². The van der Waals surface area contributed by atoms with Crippen LogP contribution >= 0.6 is 15.9 Å². The molecule has 0 aliphatic carbocycles. The number of hydrogen-bond acceptors (Lipinski definition) is 0. The minimum atomic E-state index is -1.68. The standard InChI is InChI=1S/C8H4BrF5/c9-1-3-5(11)7(13)4(2-10)8(14)6(3)12/h1-2H2. The molecule has 0 bridgehead atoms. The van der Waals surface area contributed by atoms with E-state index in [1.807, 2.05) is 0 Å². The molecule has 78 valence electrons. The van der Waals surface area contributed by atoms with Gasteiger partial charge in [0, 0.05) is 10.9 Å². The molecule has 0 radical (unpaired) electrons. The summed E-state index contributed by atoms with van der Waals surface area (Å²) < 4.78 is 63.5. The minimum absolute atomic E-state index is 0.384. The molecule has 0 aliphatic heterocycles. The van der Waals surface area contributed by atoms with Crippen molar-refractivity contribution in [2.75, 3.05) is 0 Å². The Hall–Kier alpha value is -0.650. The third-order valence-electron chi connectivity index (χ3n) is 1.71. The van der Waals surface area contributed by atoms with Crippen molar-refractivity contribution < 1.29 is 22.0 Å². The van der Waals surface area contributed by atoms with Crippen LogP contribution in [0.2, 0.25) is 0 Å². The molecule has 0 N–H and O–H groups in total. The predicted molar refractivity (Wildman–Crippen MR) is 43.7 cm³/mol. The molecule has 0 aromatic heterocycles. The van der Waals surface area contributed by atoms with Gasteiger partial charge in [-0.3, -0.25) is 0 Å². The van der Waals surface area contributed by atoms with E-state index < -0.39 is 41.1 Å². The molecule has 0 spiro atoms. The lowest BCUT2D eigenvalue weighted by molar-refractivity contribution is 0.391. The first-order valence-corrected chi connectivity index (χ1v) is 4.62. The fourth-order valence-corrected chi connectivity index (χ4v) is 1.45. The number of rotatable bonds is 2. The molecule has 0 atom stereocenters. The van der Waals surface area contributed by atoms with Gasteiger partial charge in [0.2, 0.25) is 0 Å². The van der Waals surface area contributed by atoms with Crippen molar-refractivity contribution in [2.24, 2.45) is 0 Å². The summed E-state index contributed by atoms with van der Waals surface area (Å²) in [5.74, 6) is -6.48. The number of alkyl halides is 2. The van der Waals surface area contributed by atoms with Crippen LogP contribution in [0, 0.1) is 23.3 Å². The summed E-state index contributed by atoms with van der Waals surface area (Å²) in [6.45, 7) is -1.59. The number of benzene rings is 1. The van der Waals surface area contributed by atoms with Crippen molar-refractivity contribution >= 4 is 15.9 Å². The molecule has 6 heteroatoms. The van der Waals surface area contributed by atoms with Crippen LogP contribution < -0.4 is 0 Å². The summed E-state index contributed by atoms with van der Waals surface area (Å²) in [6, 6.07) is 0. The molecule has 0 saturated carbocycles. The Labute approximate surface area is 84.9 Å². The maximum absolute atomic E-state index is 12.9. The van der Waals surface area contributed by atoms with Crippen LogP contribution in [0.1, 0.15) is 11.1 Å². The molecule has 0 aliphatic rings. The summed E-state index contributed by atoms with van der Waals surface area (Å²) in [5.41, 5.74) is -2.00. The fraction of sp³-hybridized carbons (Fsp3) is 0.250. The smallest absolute Gasteiger partial charge is 0.168 e. The van der Waals surface area contributed by atoms with Gasteiger partial charge >= 0.3 is 0 Å². The van der Waals surface area contributed by atoms with E-state index in [-0.39, 0.29) is 5.33 Å². The molecule has 0 fully saturated rings. The van der Waals surface area contributed by atoms with Gasteiger partial charge in [0.15, 0.2) is 23.3 Å². The minimum Gasteiger partial charge on any atom is -0.246 e. The third-order valence-corrected chi connectivity index (χ3v) is 2.27. The molecule has 1 aromatic rings. The Morgan fingerprint density at radius 3 is 1.43 bits per heavy atom. The van der Waals surface area contributed by atoms with Crippen molar-refractivity contribution in [1.82, 2.24) is 0 Å². The van der Waals surface area contributed by atoms with E-state index in [0.717, 1.165) is 0 Å². The average molecular weight is 275 g/mol. The second kappa shape index (κ2) is 4.25. The van der Waals surface area contributed by atoms with Crippen LogP contribution in [0.3, 0.4) is 0 Å². The number of halogens is 6. The Balaban J connectivity index is 3.55. The Bertz CT molecular complexity index is 299. The van der Waals surface area contributed by atoms with E-state index in [2.05, 4.69) is 15.9 Å². The highest BCUT2D eigenvalue weighted by Crippen LogP contribution is 2.26. The lowest BCUT2D eigenvalue weighted by Crippen LogP contribution is -2.06. The molecule has 0 nitrogen and oxygen atoms in total. The van der Waals surface area contributed by atoms with E-state index in [0.29, 0.717) is 0 Å². The summed E-state index contributed by atoms with van der Waals surface area (Å²) >= 11 is 2.67. The van der Waals surface area contributed by atoms with Gasteiger partial charge in [-0.25, -0.2) is 22.0 Å². The Morgan fingerprint density at radius 2 is 1.14 bits per heavy atom. The lowest BCUT2D eigenvalue weighted by atomic mass is 10.1. The van der Waals surface area contributed by atoms with E-state index in [9.17, 15) is 22.0 Å². The second-order valence-electron chi connectivity index (χ2n) is 2.48. The molecule has 1 aromatic carbocycles. The molecule has 0 unspecified atom stereocenters. The molecule has 1 rings (SSSR count). The zero-order valence-electron chi connectivity index (χ0n) is 6.68. The van der Waals surface area contributed by atoms with Crippen molar-refractivity contribution in [3.63, 3.8) is 0 Å². The van der Waals surface area contributed by atoms with E-state index in [1.54, 1.807) is 0 Å². The van der Waals surface area contributed by atoms with Crippen molar-refractivity contribution in [3.8, 4) is 0 Å². The predicted octanol–water partition coefficient (Wildman–Crippen LogP) is 3.61. The van der Waals surface area contributed by atoms with Crippen LogP contribution in [0.4, 0.5) is 22.0 Å². The molecular formula is C8H4BrF5. The first kappa shape index (κ1) is 11.4. The first-order valence-electron chi connectivity index (χ1n) is 3.50. The topological polar surface area (TPSA) is 0 Å². The maximum Gasteiger partial charge on any atom is 0.168 e. The monoisotopic (exact) mass is 274 g/mol. The summed E-state index contributed by atoms with van der Waals surface area (Å²) in [4.78, 5) is 0. The zero-order valence-corrected chi connectivity index (χ0v) is 8.27. The van der Waals surface area contributed by atoms with Gasteiger partial charge in [0.05, 0.1) is 5.56 Å². The second-order valence-corrected chi connectivity index (χ2v) is 3.04. The largest absolute Gasteiger partial charge is 0.246 e. The maximum atomic E-state index is 12.9. The van der Waals surface area contributed by atoms with Crippen LogP contribution in [-0.2, 0) is 12.0 Å². The van der Waals surface area contributed by atoms with Gasteiger partial charge < -0.3 is 0 Å². The number of hydrogen-bond donors (Lipinski definition) is 0. The highest BCUT2D eigenvalue weighted by atomic mass is 79.9. The van der Waals surface area contributed by atoms with E-state index >= 15 is 0 Å².